The Morgan fingerprint density at radius 3 is 2.79 bits per heavy atom. The lowest BCUT2D eigenvalue weighted by Gasteiger charge is -2.28. The summed E-state index contributed by atoms with van der Waals surface area (Å²) < 4.78 is 1.55. The second-order valence-electron chi connectivity index (χ2n) is 5.93. The summed E-state index contributed by atoms with van der Waals surface area (Å²) in [5, 5.41) is 4.26. The van der Waals surface area contributed by atoms with Crippen LogP contribution in [0.4, 0.5) is 0 Å². The zero-order chi connectivity index (χ0) is 17.3. The molecule has 2 aromatic heterocycles. The van der Waals surface area contributed by atoms with Crippen LogP contribution in [0.25, 0.3) is 5.65 Å². The molecule has 24 heavy (non-hydrogen) atoms. The van der Waals surface area contributed by atoms with Crippen molar-refractivity contribution in [3.8, 4) is 0 Å². The molecule has 3 heterocycles. The van der Waals surface area contributed by atoms with Gasteiger partial charge >= 0.3 is 0 Å². The third-order valence-electron chi connectivity index (χ3n) is 4.41. The predicted octanol–water partition coefficient (Wildman–Crippen LogP) is 0.140. The maximum absolute atomic E-state index is 12.9. The van der Waals surface area contributed by atoms with Gasteiger partial charge in [0.1, 0.15) is 6.04 Å². The van der Waals surface area contributed by atoms with Crippen LogP contribution in [0.15, 0.2) is 24.5 Å². The number of nitrogens with zero attached hydrogens (tertiary/aromatic N) is 5. The van der Waals surface area contributed by atoms with Gasteiger partial charge in [0.25, 0.3) is 5.91 Å². The average Bonchev–Trinajstić information content (AvgIpc) is 3.18. The van der Waals surface area contributed by atoms with E-state index in [9.17, 15) is 9.59 Å². The van der Waals surface area contributed by atoms with Crippen LogP contribution < -0.4 is 5.73 Å². The van der Waals surface area contributed by atoms with E-state index in [1.54, 1.807) is 38.8 Å². The molecule has 3 rings (SSSR count). The highest BCUT2D eigenvalue weighted by molar-refractivity contribution is 5.97. The SMILES string of the molecule is CCN(CC)C(=O)[C@@H]1C[C@@H](N)CN1C(=O)c1cc2ncccn2n1. The Morgan fingerprint density at radius 1 is 1.38 bits per heavy atom. The Balaban J connectivity index is 1.87. The van der Waals surface area contributed by atoms with Crippen LogP contribution in [-0.2, 0) is 4.79 Å². The lowest BCUT2D eigenvalue weighted by molar-refractivity contribution is -0.134. The highest BCUT2D eigenvalue weighted by atomic mass is 16.2. The minimum atomic E-state index is -0.523. The zero-order valence-electron chi connectivity index (χ0n) is 13.9. The Labute approximate surface area is 140 Å². The summed E-state index contributed by atoms with van der Waals surface area (Å²) >= 11 is 0. The van der Waals surface area contributed by atoms with Crippen LogP contribution in [0.2, 0.25) is 0 Å². The standard InChI is InChI=1S/C16H22N6O2/c1-3-20(4-2)16(24)13-8-11(17)10-21(13)15(23)12-9-14-18-6-5-7-22(14)19-12/h5-7,9,11,13H,3-4,8,10,17H2,1-2H3/t11-,13+/m1/s1. The molecule has 0 unspecified atom stereocenters. The van der Waals surface area contributed by atoms with Crippen LogP contribution in [0, 0.1) is 0 Å². The van der Waals surface area contributed by atoms with Gasteiger partial charge in [-0.2, -0.15) is 5.10 Å². The van der Waals surface area contributed by atoms with E-state index >= 15 is 0 Å². The summed E-state index contributed by atoms with van der Waals surface area (Å²) in [5.41, 5.74) is 6.90. The van der Waals surface area contributed by atoms with Crippen LogP contribution in [-0.4, -0.2) is 67.9 Å². The largest absolute Gasteiger partial charge is 0.341 e. The number of carbonyl (C=O) groups excluding carboxylic acids is 2. The van der Waals surface area contributed by atoms with Crippen LogP contribution in [0.3, 0.4) is 0 Å². The van der Waals surface area contributed by atoms with E-state index in [1.165, 1.54) is 0 Å². The lowest BCUT2D eigenvalue weighted by Crippen LogP contribution is -2.47. The van der Waals surface area contributed by atoms with Crippen molar-refractivity contribution in [3.05, 3.63) is 30.2 Å². The van der Waals surface area contributed by atoms with Gasteiger partial charge in [0.15, 0.2) is 11.3 Å². The van der Waals surface area contributed by atoms with Crippen molar-refractivity contribution in [2.24, 2.45) is 5.73 Å². The number of carbonyl (C=O) groups is 2. The fraction of sp³-hybridized carbons (Fsp3) is 0.500. The molecule has 1 fully saturated rings. The van der Waals surface area contributed by atoms with E-state index in [4.69, 9.17) is 5.73 Å². The summed E-state index contributed by atoms with van der Waals surface area (Å²) in [6, 6.07) is 2.65. The molecular weight excluding hydrogens is 308 g/mol. The second-order valence-corrected chi connectivity index (χ2v) is 5.93. The second kappa shape index (κ2) is 6.56. The molecule has 0 aromatic carbocycles. The summed E-state index contributed by atoms with van der Waals surface area (Å²) in [6.45, 7) is 5.44. The van der Waals surface area contributed by atoms with Gasteiger partial charge in [-0.25, -0.2) is 9.50 Å². The fourth-order valence-electron chi connectivity index (χ4n) is 3.15. The zero-order valence-corrected chi connectivity index (χ0v) is 13.9. The smallest absolute Gasteiger partial charge is 0.275 e. The van der Waals surface area contributed by atoms with E-state index in [-0.39, 0.29) is 23.6 Å². The highest BCUT2D eigenvalue weighted by Crippen LogP contribution is 2.21. The summed E-state index contributed by atoms with van der Waals surface area (Å²) in [7, 11) is 0. The Hall–Kier alpha value is -2.48. The minimum absolute atomic E-state index is 0.0526. The molecule has 8 heteroatoms. The van der Waals surface area contributed by atoms with E-state index in [1.807, 2.05) is 13.8 Å². The minimum Gasteiger partial charge on any atom is -0.341 e. The Morgan fingerprint density at radius 2 is 2.12 bits per heavy atom. The normalized spacial score (nSPS) is 20.5. The van der Waals surface area contributed by atoms with Crippen molar-refractivity contribution < 1.29 is 9.59 Å². The third-order valence-corrected chi connectivity index (χ3v) is 4.41. The molecule has 2 N–H and O–H groups in total. The quantitative estimate of drug-likeness (QED) is 0.860. The Kier molecular flexibility index (Phi) is 4.48. The van der Waals surface area contributed by atoms with Crippen LogP contribution in [0.5, 0.6) is 0 Å². The number of likely N-dealkylation sites (tertiary alicyclic amines) is 1. The molecule has 8 nitrogen and oxygen atoms in total. The van der Waals surface area contributed by atoms with E-state index in [0.717, 1.165) is 0 Å². The molecule has 1 aliphatic heterocycles. The van der Waals surface area contributed by atoms with Crippen molar-refractivity contribution in [3.63, 3.8) is 0 Å². The number of hydrogen-bond donors (Lipinski definition) is 1. The number of hydrogen-bond acceptors (Lipinski definition) is 5. The average molecular weight is 330 g/mol. The van der Waals surface area contributed by atoms with E-state index in [2.05, 4.69) is 10.1 Å². The number of amides is 2. The molecule has 2 aromatic rings. The van der Waals surface area contributed by atoms with Gasteiger partial charge in [0, 0.05) is 44.1 Å². The monoisotopic (exact) mass is 330 g/mol. The van der Waals surface area contributed by atoms with Crippen LogP contribution in [0.1, 0.15) is 30.8 Å². The maximum Gasteiger partial charge on any atom is 0.275 e. The van der Waals surface area contributed by atoms with Crippen molar-refractivity contribution >= 4 is 17.5 Å². The number of fused-ring (bicyclic) bond motifs is 1. The molecule has 0 saturated carbocycles. The van der Waals surface area contributed by atoms with Gasteiger partial charge in [0.2, 0.25) is 5.91 Å². The topological polar surface area (TPSA) is 96.8 Å². The first-order valence-corrected chi connectivity index (χ1v) is 8.20. The van der Waals surface area contributed by atoms with Gasteiger partial charge in [-0.3, -0.25) is 9.59 Å². The first kappa shape index (κ1) is 16.4. The van der Waals surface area contributed by atoms with Gasteiger partial charge in [0.05, 0.1) is 0 Å². The van der Waals surface area contributed by atoms with Gasteiger partial charge in [-0.1, -0.05) is 0 Å². The van der Waals surface area contributed by atoms with Crippen molar-refractivity contribution in [2.45, 2.75) is 32.4 Å². The number of rotatable bonds is 4. The lowest BCUT2D eigenvalue weighted by atomic mass is 10.1. The predicted molar refractivity (Wildman–Crippen MR) is 88.3 cm³/mol. The van der Waals surface area contributed by atoms with E-state index < -0.39 is 6.04 Å². The number of nitrogens with two attached hydrogens (primary N) is 1. The molecular formula is C16H22N6O2. The molecule has 128 valence electrons. The molecule has 0 bridgehead atoms. The summed E-state index contributed by atoms with van der Waals surface area (Å²) in [6.07, 6.45) is 3.85. The Bertz CT molecular complexity index is 721. The number of aromatic nitrogens is 3. The van der Waals surface area contributed by atoms with E-state index in [0.29, 0.717) is 31.7 Å². The van der Waals surface area contributed by atoms with Crippen molar-refractivity contribution in [1.82, 2.24) is 24.4 Å². The molecule has 0 aliphatic carbocycles. The molecule has 1 aliphatic rings. The van der Waals surface area contributed by atoms with Crippen LogP contribution >= 0.6 is 0 Å². The van der Waals surface area contributed by atoms with Gasteiger partial charge in [-0.05, 0) is 26.3 Å². The molecule has 0 spiro atoms. The summed E-state index contributed by atoms with van der Waals surface area (Å²) in [4.78, 5) is 33.0. The molecule has 1 saturated heterocycles. The first-order valence-electron chi connectivity index (χ1n) is 8.20. The first-order chi connectivity index (χ1) is 11.5. The molecule has 0 radical (unpaired) electrons. The summed E-state index contributed by atoms with van der Waals surface area (Å²) in [5.74, 6) is -0.331. The third kappa shape index (κ3) is 2.84. The fourth-order valence-corrected chi connectivity index (χ4v) is 3.15. The highest BCUT2D eigenvalue weighted by Gasteiger charge is 2.40. The number of likely N-dealkylation sites (N-methyl/N-ethyl adjacent to an activating group) is 1. The van der Waals surface area contributed by atoms with Crippen molar-refractivity contribution in [2.75, 3.05) is 19.6 Å². The van der Waals surface area contributed by atoms with Gasteiger partial charge in [-0.15, -0.1) is 0 Å². The van der Waals surface area contributed by atoms with Crippen molar-refractivity contribution in [1.29, 1.82) is 0 Å². The maximum atomic E-state index is 12.9. The van der Waals surface area contributed by atoms with Gasteiger partial charge < -0.3 is 15.5 Å². The molecule has 2 amide bonds. The molecule has 2 atom stereocenters.